The molecular formula is C32H58O8. The van der Waals surface area contributed by atoms with Crippen LogP contribution < -0.4 is 0 Å². The van der Waals surface area contributed by atoms with Gasteiger partial charge in [0.2, 0.25) is 0 Å². The van der Waals surface area contributed by atoms with E-state index in [-0.39, 0.29) is 0 Å². The molecule has 1 N–H and O–H groups in total. The normalized spacial score (nSPS) is 15.8. The fraction of sp³-hybridized carbons (Fsp3) is 0.875. The Morgan fingerprint density at radius 3 is 1.43 bits per heavy atom. The topological polar surface area (TPSA) is 116 Å². The van der Waals surface area contributed by atoms with Crippen molar-refractivity contribution >= 4 is 23.7 Å². The van der Waals surface area contributed by atoms with Crippen LogP contribution in [0.2, 0.25) is 0 Å². The number of Topliss-reactive ketones (excluding diaryl/α,β-unsaturated/α-hetero) is 1. The zero-order valence-electron chi connectivity index (χ0n) is 26.4. The summed E-state index contributed by atoms with van der Waals surface area (Å²) in [6, 6.07) is 0. The summed E-state index contributed by atoms with van der Waals surface area (Å²) in [5, 5.41) is 11.6. The molecule has 0 radical (unpaired) electrons. The Bertz CT molecular complexity index is 736. The molecule has 0 saturated heterocycles. The standard InChI is InChI=1S/C32H58O8/c1-8-11-14-17-20-24(4)38-28(34)23-32(37,31(36)40-26(6)22-19-16-13-10-3)29(27(7)33)30(35)39-25(5)21-18-15-12-9-2/h24-26,29,37H,8-23H2,1-7H3. The Labute approximate surface area is 243 Å². The lowest BCUT2D eigenvalue weighted by molar-refractivity contribution is -0.192. The molecule has 0 aliphatic carbocycles. The minimum absolute atomic E-state index is 0.437. The van der Waals surface area contributed by atoms with Gasteiger partial charge in [-0.2, -0.15) is 0 Å². The molecule has 0 amide bonds. The summed E-state index contributed by atoms with van der Waals surface area (Å²) in [6.45, 7) is 12.6. The van der Waals surface area contributed by atoms with E-state index in [2.05, 4.69) is 20.8 Å². The summed E-state index contributed by atoms with van der Waals surface area (Å²) in [5.74, 6) is -5.78. The molecule has 0 aromatic carbocycles. The lowest BCUT2D eigenvalue weighted by Crippen LogP contribution is -2.55. The second-order valence-electron chi connectivity index (χ2n) is 11.5. The van der Waals surface area contributed by atoms with Crippen LogP contribution in [0, 0.1) is 5.92 Å². The zero-order valence-corrected chi connectivity index (χ0v) is 26.4. The molecule has 0 aliphatic rings. The molecule has 0 saturated carbocycles. The highest BCUT2D eigenvalue weighted by Gasteiger charge is 2.55. The smallest absolute Gasteiger partial charge is 0.340 e. The number of hydrogen-bond acceptors (Lipinski definition) is 8. The van der Waals surface area contributed by atoms with Crippen LogP contribution in [0.1, 0.15) is 151 Å². The average molecular weight is 571 g/mol. The van der Waals surface area contributed by atoms with Crippen LogP contribution in [0.3, 0.4) is 0 Å². The molecule has 8 heteroatoms. The molecule has 8 nitrogen and oxygen atoms in total. The van der Waals surface area contributed by atoms with Crippen LogP contribution in [0.5, 0.6) is 0 Å². The van der Waals surface area contributed by atoms with Crippen LogP contribution in [0.15, 0.2) is 0 Å². The number of unbranched alkanes of at least 4 members (excludes halogenated alkanes) is 9. The molecule has 234 valence electrons. The number of esters is 3. The third-order valence-electron chi connectivity index (χ3n) is 7.24. The highest BCUT2D eigenvalue weighted by Crippen LogP contribution is 2.29. The van der Waals surface area contributed by atoms with Crippen molar-refractivity contribution in [3.05, 3.63) is 0 Å². The van der Waals surface area contributed by atoms with Gasteiger partial charge in [0.1, 0.15) is 5.78 Å². The van der Waals surface area contributed by atoms with Gasteiger partial charge in [0, 0.05) is 0 Å². The van der Waals surface area contributed by atoms with E-state index in [1.165, 1.54) is 0 Å². The van der Waals surface area contributed by atoms with Gasteiger partial charge in [0.25, 0.3) is 0 Å². The molecule has 0 aromatic rings. The molecule has 5 unspecified atom stereocenters. The van der Waals surface area contributed by atoms with Gasteiger partial charge in [-0.1, -0.05) is 78.6 Å². The quantitative estimate of drug-likeness (QED) is 0.0569. The number of ketones is 1. The second kappa shape index (κ2) is 21.7. The molecular weight excluding hydrogens is 512 g/mol. The lowest BCUT2D eigenvalue weighted by atomic mass is 9.81. The van der Waals surface area contributed by atoms with E-state index in [1.54, 1.807) is 20.8 Å². The first-order valence-electron chi connectivity index (χ1n) is 15.8. The molecule has 5 atom stereocenters. The molecule has 0 bridgehead atoms. The maximum absolute atomic E-state index is 13.4. The van der Waals surface area contributed by atoms with Crippen LogP contribution in [-0.4, -0.2) is 52.7 Å². The van der Waals surface area contributed by atoms with Gasteiger partial charge in [0.05, 0.1) is 24.7 Å². The van der Waals surface area contributed by atoms with E-state index >= 15 is 0 Å². The van der Waals surface area contributed by atoms with Crippen molar-refractivity contribution in [2.24, 2.45) is 5.92 Å². The van der Waals surface area contributed by atoms with Gasteiger partial charge in [0.15, 0.2) is 11.5 Å². The van der Waals surface area contributed by atoms with Crippen LogP contribution in [-0.2, 0) is 33.4 Å². The molecule has 0 aromatic heterocycles. The van der Waals surface area contributed by atoms with E-state index in [1.807, 2.05) is 0 Å². The van der Waals surface area contributed by atoms with Crippen molar-refractivity contribution in [3.8, 4) is 0 Å². The minimum atomic E-state index is -2.73. The average Bonchev–Trinajstić information content (AvgIpc) is 2.86. The maximum Gasteiger partial charge on any atom is 0.340 e. The summed E-state index contributed by atoms with van der Waals surface area (Å²) >= 11 is 0. The first-order chi connectivity index (χ1) is 18.9. The lowest BCUT2D eigenvalue weighted by Gasteiger charge is -2.32. The van der Waals surface area contributed by atoms with E-state index in [0.717, 1.165) is 84.0 Å². The maximum atomic E-state index is 13.4. The summed E-state index contributed by atoms with van der Waals surface area (Å²) in [4.78, 5) is 52.2. The summed E-state index contributed by atoms with van der Waals surface area (Å²) < 4.78 is 16.5. The van der Waals surface area contributed by atoms with Crippen molar-refractivity contribution < 1.29 is 38.5 Å². The fourth-order valence-electron chi connectivity index (χ4n) is 4.78. The minimum Gasteiger partial charge on any atom is -0.463 e. The zero-order chi connectivity index (χ0) is 30.6. The van der Waals surface area contributed by atoms with Gasteiger partial charge >= 0.3 is 17.9 Å². The number of carbonyl (C=O) groups is 4. The van der Waals surface area contributed by atoms with Crippen molar-refractivity contribution in [2.75, 3.05) is 0 Å². The van der Waals surface area contributed by atoms with E-state index in [0.29, 0.717) is 19.3 Å². The number of carbonyl (C=O) groups excluding carboxylic acids is 4. The third kappa shape index (κ3) is 15.7. The van der Waals surface area contributed by atoms with Gasteiger partial charge in [-0.15, -0.1) is 0 Å². The summed E-state index contributed by atoms with van der Waals surface area (Å²) in [6.07, 6.45) is 11.3. The van der Waals surface area contributed by atoms with E-state index < -0.39 is 59.9 Å². The first-order valence-corrected chi connectivity index (χ1v) is 15.8. The molecule has 0 aliphatic heterocycles. The van der Waals surface area contributed by atoms with Crippen LogP contribution in [0.4, 0.5) is 0 Å². The van der Waals surface area contributed by atoms with Gasteiger partial charge < -0.3 is 19.3 Å². The Balaban J connectivity index is 5.72. The molecule has 40 heavy (non-hydrogen) atoms. The highest BCUT2D eigenvalue weighted by molar-refractivity contribution is 6.05. The molecule has 0 fully saturated rings. The van der Waals surface area contributed by atoms with Crippen molar-refractivity contribution in [3.63, 3.8) is 0 Å². The Morgan fingerprint density at radius 1 is 0.625 bits per heavy atom. The van der Waals surface area contributed by atoms with Gasteiger partial charge in [-0.25, -0.2) is 4.79 Å². The number of rotatable bonds is 24. The predicted octanol–water partition coefficient (Wildman–Crippen LogP) is 7.02. The van der Waals surface area contributed by atoms with Crippen LogP contribution in [0.25, 0.3) is 0 Å². The summed E-state index contributed by atoms with van der Waals surface area (Å²) in [5.41, 5.74) is -2.73. The molecule has 0 heterocycles. The fourth-order valence-corrected chi connectivity index (χ4v) is 4.78. The molecule has 0 spiro atoms. The summed E-state index contributed by atoms with van der Waals surface area (Å²) in [7, 11) is 0. The number of hydrogen-bond donors (Lipinski definition) is 1. The number of aliphatic hydroxyl groups is 1. The van der Waals surface area contributed by atoms with Crippen molar-refractivity contribution in [1.29, 1.82) is 0 Å². The van der Waals surface area contributed by atoms with Gasteiger partial charge in [-0.05, 0) is 66.2 Å². The number of ether oxygens (including phenoxy) is 3. The highest BCUT2D eigenvalue weighted by atomic mass is 16.6. The predicted molar refractivity (Wildman–Crippen MR) is 157 cm³/mol. The third-order valence-corrected chi connectivity index (χ3v) is 7.24. The Kier molecular flexibility index (Phi) is 20.7. The van der Waals surface area contributed by atoms with E-state index in [9.17, 15) is 24.3 Å². The Hall–Kier alpha value is -1.96. The van der Waals surface area contributed by atoms with Crippen LogP contribution >= 0.6 is 0 Å². The van der Waals surface area contributed by atoms with Gasteiger partial charge in [-0.3, -0.25) is 14.4 Å². The van der Waals surface area contributed by atoms with Crippen molar-refractivity contribution in [1.82, 2.24) is 0 Å². The SMILES string of the molecule is CCCCCCC(C)OC(=O)CC(O)(C(=O)OC(C)CCCCCC)C(C(C)=O)C(=O)OC(C)CCCCCC. The molecule has 0 rings (SSSR count). The Morgan fingerprint density at radius 2 is 1.02 bits per heavy atom. The second-order valence-corrected chi connectivity index (χ2v) is 11.5. The first kappa shape index (κ1) is 38.0. The largest absolute Gasteiger partial charge is 0.463 e. The monoisotopic (exact) mass is 570 g/mol. The van der Waals surface area contributed by atoms with E-state index in [4.69, 9.17) is 14.2 Å². The van der Waals surface area contributed by atoms with Crippen molar-refractivity contribution in [2.45, 2.75) is 175 Å².